The van der Waals surface area contributed by atoms with Crippen molar-refractivity contribution in [2.45, 2.75) is 6.92 Å². The van der Waals surface area contributed by atoms with Gasteiger partial charge < -0.3 is 11.1 Å². The average Bonchev–Trinajstić information content (AvgIpc) is 1.95. The van der Waals surface area contributed by atoms with E-state index in [0.29, 0.717) is 0 Å². The van der Waals surface area contributed by atoms with E-state index in [9.17, 15) is 0 Å². The number of aryl methyl sites for hydroxylation is 1. The second-order valence-electron chi connectivity index (χ2n) is 2.11. The maximum absolute atomic E-state index is 5.67. The number of rotatable bonds is 1. The zero-order valence-corrected chi connectivity index (χ0v) is 6.18. The number of nitrogens with zero attached hydrogens (tertiary/aromatic N) is 1. The first-order valence-corrected chi connectivity index (χ1v) is 3.14. The van der Waals surface area contributed by atoms with Crippen LogP contribution in [0.2, 0.25) is 0 Å². The van der Waals surface area contributed by atoms with Gasteiger partial charge in [0.05, 0.1) is 17.1 Å². The highest BCUT2D eigenvalue weighted by molar-refractivity contribution is 5.67. The van der Waals surface area contributed by atoms with E-state index in [1.54, 1.807) is 6.20 Å². The lowest BCUT2D eigenvalue weighted by molar-refractivity contribution is 1.20. The molecular weight excluding hydrogens is 126 g/mol. The Kier molecular flexibility index (Phi) is 1.76. The van der Waals surface area contributed by atoms with Gasteiger partial charge in [0.1, 0.15) is 0 Å². The summed E-state index contributed by atoms with van der Waals surface area (Å²) in [6.07, 6.45) is 1.73. The fourth-order valence-electron chi connectivity index (χ4n) is 0.796. The van der Waals surface area contributed by atoms with Crippen molar-refractivity contribution in [1.82, 2.24) is 4.98 Å². The zero-order valence-electron chi connectivity index (χ0n) is 6.18. The quantitative estimate of drug-likeness (QED) is 0.607. The molecule has 10 heavy (non-hydrogen) atoms. The van der Waals surface area contributed by atoms with E-state index in [-0.39, 0.29) is 0 Å². The number of nitrogen functional groups attached to an aromatic ring is 1. The highest BCUT2D eigenvalue weighted by atomic mass is 14.9. The Balaban J connectivity index is 3.14. The molecule has 0 saturated heterocycles. The average molecular weight is 137 g/mol. The molecule has 0 aromatic carbocycles. The standard InChI is InChI=1S/C7H11N3/c1-5-7(8)6(9-2)3-4-10-5/h3-4H,8H2,1-2H3,(H,9,10). The van der Waals surface area contributed by atoms with E-state index >= 15 is 0 Å². The van der Waals surface area contributed by atoms with Gasteiger partial charge in [-0.05, 0) is 13.0 Å². The lowest BCUT2D eigenvalue weighted by atomic mass is 10.3. The first kappa shape index (κ1) is 6.86. The van der Waals surface area contributed by atoms with E-state index in [1.807, 2.05) is 20.0 Å². The van der Waals surface area contributed by atoms with Crippen LogP contribution in [0.4, 0.5) is 11.4 Å². The number of anilines is 2. The van der Waals surface area contributed by atoms with Crippen LogP contribution < -0.4 is 11.1 Å². The van der Waals surface area contributed by atoms with Crippen molar-refractivity contribution in [3.63, 3.8) is 0 Å². The molecule has 3 nitrogen and oxygen atoms in total. The molecule has 0 aliphatic rings. The van der Waals surface area contributed by atoms with Crippen LogP contribution in [0.3, 0.4) is 0 Å². The lowest BCUT2D eigenvalue weighted by Gasteiger charge is -2.04. The van der Waals surface area contributed by atoms with E-state index in [4.69, 9.17) is 5.73 Å². The highest BCUT2D eigenvalue weighted by Crippen LogP contribution is 2.18. The number of pyridine rings is 1. The Morgan fingerprint density at radius 1 is 1.60 bits per heavy atom. The summed E-state index contributed by atoms with van der Waals surface area (Å²) in [4.78, 5) is 4.02. The summed E-state index contributed by atoms with van der Waals surface area (Å²) in [7, 11) is 1.84. The summed E-state index contributed by atoms with van der Waals surface area (Å²) >= 11 is 0. The van der Waals surface area contributed by atoms with Crippen molar-refractivity contribution in [2.75, 3.05) is 18.1 Å². The van der Waals surface area contributed by atoms with Gasteiger partial charge in [-0.25, -0.2) is 0 Å². The third kappa shape index (κ3) is 1.03. The van der Waals surface area contributed by atoms with Crippen molar-refractivity contribution >= 4 is 11.4 Å². The minimum atomic E-state index is 0.727. The third-order valence-corrected chi connectivity index (χ3v) is 1.46. The fraction of sp³-hybridized carbons (Fsp3) is 0.286. The summed E-state index contributed by atoms with van der Waals surface area (Å²) in [6.45, 7) is 1.89. The van der Waals surface area contributed by atoms with Gasteiger partial charge in [0, 0.05) is 13.2 Å². The topological polar surface area (TPSA) is 50.9 Å². The molecule has 0 fully saturated rings. The van der Waals surface area contributed by atoms with Gasteiger partial charge >= 0.3 is 0 Å². The fourth-order valence-corrected chi connectivity index (χ4v) is 0.796. The maximum atomic E-state index is 5.67. The Labute approximate surface area is 60.3 Å². The normalized spacial score (nSPS) is 9.40. The largest absolute Gasteiger partial charge is 0.396 e. The van der Waals surface area contributed by atoms with Gasteiger partial charge in [-0.1, -0.05) is 0 Å². The minimum Gasteiger partial charge on any atom is -0.396 e. The summed E-state index contributed by atoms with van der Waals surface area (Å²) in [5.74, 6) is 0. The molecule has 3 heteroatoms. The second-order valence-corrected chi connectivity index (χ2v) is 2.11. The number of aromatic nitrogens is 1. The molecule has 1 rings (SSSR count). The molecule has 0 bridgehead atoms. The number of hydrogen-bond acceptors (Lipinski definition) is 3. The van der Waals surface area contributed by atoms with Crippen LogP contribution in [0, 0.1) is 6.92 Å². The SMILES string of the molecule is CNc1ccnc(C)c1N. The molecule has 0 spiro atoms. The predicted octanol–water partition coefficient (Wildman–Crippen LogP) is 1.01. The molecule has 1 aromatic heterocycles. The summed E-state index contributed by atoms with van der Waals surface area (Å²) in [5, 5.41) is 2.97. The molecule has 0 atom stereocenters. The molecule has 0 unspecified atom stereocenters. The molecule has 1 heterocycles. The van der Waals surface area contributed by atoms with E-state index < -0.39 is 0 Å². The van der Waals surface area contributed by atoms with E-state index in [1.165, 1.54) is 0 Å². The van der Waals surface area contributed by atoms with Crippen molar-refractivity contribution in [2.24, 2.45) is 0 Å². The van der Waals surface area contributed by atoms with Crippen LogP contribution in [0.15, 0.2) is 12.3 Å². The third-order valence-electron chi connectivity index (χ3n) is 1.46. The van der Waals surface area contributed by atoms with Crippen LogP contribution in [-0.4, -0.2) is 12.0 Å². The lowest BCUT2D eigenvalue weighted by Crippen LogP contribution is -1.98. The number of nitrogens with two attached hydrogens (primary N) is 1. The first-order valence-electron chi connectivity index (χ1n) is 3.14. The number of nitrogens with one attached hydrogen (secondary N) is 1. The van der Waals surface area contributed by atoms with Gasteiger partial charge in [-0.2, -0.15) is 0 Å². The smallest absolute Gasteiger partial charge is 0.0765 e. The highest BCUT2D eigenvalue weighted by Gasteiger charge is 1.97. The van der Waals surface area contributed by atoms with Crippen LogP contribution in [0.25, 0.3) is 0 Å². The Hall–Kier alpha value is -1.25. The molecule has 54 valence electrons. The van der Waals surface area contributed by atoms with Crippen LogP contribution >= 0.6 is 0 Å². The minimum absolute atomic E-state index is 0.727. The van der Waals surface area contributed by atoms with Crippen LogP contribution in [-0.2, 0) is 0 Å². The van der Waals surface area contributed by atoms with Gasteiger partial charge in [-0.3, -0.25) is 4.98 Å². The Morgan fingerprint density at radius 3 is 2.80 bits per heavy atom. The van der Waals surface area contributed by atoms with Crippen molar-refractivity contribution in [3.8, 4) is 0 Å². The number of hydrogen-bond donors (Lipinski definition) is 2. The van der Waals surface area contributed by atoms with Gasteiger partial charge in [0.25, 0.3) is 0 Å². The molecule has 0 aliphatic heterocycles. The van der Waals surface area contributed by atoms with E-state index in [0.717, 1.165) is 17.1 Å². The first-order chi connectivity index (χ1) is 4.75. The van der Waals surface area contributed by atoms with Gasteiger partial charge in [0.2, 0.25) is 0 Å². The van der Waals surface area contributed by atoms with Crippen molar-refractivity contribution in [1.29, 1.82) is 0 Å². The summed E-state index contributed by atoms with van der Waals surface area (Å²) in [5.41, 5.74) is 8.20. The Bertz CT molecular complexity index is 232. The molecule has 1 aromatic rings. The van der Waals surface area contributed by atoms with Crippen LogP contribution in [0.1, 0.15) is 5.69 Å². The molecule has 0 radical (unpaired) electrons. The molecule has 0 aliphatic carbocycles. The monoisotopic (exact) mass is 137 g/mol. The zero-order chi connectivity index (χ0) is 7.56. The molecular formula is C7H11N3. The summed E-state index contributed by atoms with van der Waals surface area (Å²) in [6, 6.07) is 1.85. The van der Waals surface area contributed by atoms with Gasteiger partial charge in [0.15, 0.2) is 0 Å². The Morgan fingerprint density at radius 2 is 2.30 bits per heavy atom. The van der Waals surface area contributed by atoms with E-state index in [2.05, 4.69) is 10.3 Å². The van der Waals surface area contributed by atoms with Crippen LogP contribution in [0.5, 0.6) is 0 Å². The maximum Gasteiger partial charge on any atom is 0.0765 e. The van der Waals surface area contributed by atoms with Gasteiger partial charge in [-0.15, -0.1) is 0 Å². The molecule has 0 amide bonds. The predicted molar refractivity (Wildman–Crippen MR) is 42.9 cm³/mol. The second kappa shape index (κ2) is 2.56. The molecule has 0 saturated carbocycles. The summed E-state index contributed by atoms with van der Waals surface area (Å²) < 4.78 is 0. The molecule has 3 N–H and O–H groups in total. The van der Waals surface area contributed by atoms with Crippen molar-refractivity contribution in [3.05, 3.63) is 18.0 Å². The van der Waals surface area contributed by atoms with Crippen molar-refractivity contribution < 1.29 is 0 Å².